The summed E-state index contributed by atoms with van der Waals surface area (Å²) >= 11 is 4.74. The number of carbonyl (C=O) groups excluding carboxylic acids is 1. The largest absolute Gasteiger partial charge is 0.397 e. The summed E-state index contributed by atoms with van der Waals surface area (Å²) in [5.41, 5.74) is 8.33. The topological polar surface area (TPSA) is 68.0 Å². The van der Waals surface area contributed by atoms with E-state index < -0.39 is 0 Å². The summed E-state index contributed by atoms with van der Waals surface area (Å²) in [6, 6.07) is 9.33. The zero-order valence-corrected chi connectivity index (χ0v) is 13.6. The SMILES string of the molecule is Cc1cc(NC(=O)c2sc3ncccc3c2N)ccc1Br. The predicted molar refractivity (Wildman–Crippen MR) is 90.9 cm³/mol. The van der Waals surface area contributed by atoms with E-state index in [1.807, 2.05) is 37.3 Å². The fourth-order valence-corrected chi connectivity index (χ4v) is 3.24. The van der Waals surface area contributed by atoms with Gasteiger partial charge in [0.15, 0.2) is 0 Å². The minimum Gasteiger partial charge on any atom is -0.397 e. The van der Waals surface area contributed by atoms with Crippen molar-refractivity contribution >= 4 is 54.8 Å². The molecular weight excluding hydrogens is 350 g/mol. The van der Waals surface area contributed by atoms with Crippen LogP contribution in [0.3, 0.4) is 0 Å². The van der Waals surface area contributed by atoms with Crippen LogP contribution in [0.4, 0.5) is 11.4 Å². The highest BCUT2D eigenvalue weighted by Crippen LogP contribution is 2.32. The van der Waals surface area contributed by atoms with Gasteiger partial charge in [0.25, 0.3) is 5.91 Å². The second-order valence-corrected chi connectivity index (χ2v) is 6.47. The number of benzene rings is 1. The van der Waals surface area contributed by atoms with E-state index in [0.717, 1.165) is 25.9 Å². The van der Waals surface area contributed by atoms with E-state index in [-0.39, 0.29) is 5.91 Å². The summed E-state index contributed by atoms with van der Waals surface area (Å²) in [5.74, 6) is -0.211. The molecule has 1 aromatic carbocycles. The number of carbonyl (C=O) groups is 1. The average Bonchev–Trinajstić information content (AvgIpc) is 2.81. The van der Waals surface area contributed by atoms with Gasteiger partial charge in [-0.2, -0.15) is 0 Å². The quantitative estimate of drug-likeness (QED) is 0.718. The van der Waals surface area contributed by atoms with Gasteiger partial charge in [0, 0.05) is 21.7 Å². The van der Waals surface area contributed by atoms with Gasteiger partial charge in [-0.25, -0.2) is 4.98 Å². The molecule has 0 aliphatic heterocycles. The van der Waals surface area contributed by atoms with Crippen molar-refractivity contribution in [2.45, 2.75) is 6.92 Å². The molecule has 0 saturated heterocycles. The van der Waals surface area contributed by atoms with Crippen molar-refractivity contribution in [3.8, 4) is 0 Å². The van der Waals surface area contributed by atoms with E-state index in [1.165, 1.54) is 11.3 Å². The first-order valence-corrected chi connectivity index (χ1v) is 7.87. The predicted octanol–water partition coefficient (Wildman–Crippen LogP) is 4.20. The minimum absolute atomic E-state index is 0.211. The van der Waals surface area contributed by atoms with E-state index in [1.54, 1.807) is 6.20 Å². The maximum Gasteiger partial charge on any atom is 0.267 e. The van der Waals surface area contributed by atoms with Crippen molar-refractivity contribution in [2.24, 2.45) is 0 Å². The smallest absolute Gasteiger partial charge is 0.267 e. The van der Waals surface area contributed by atoms with Gasteiger partial charge in [0.2, 0.25) is 0 Å². The second kappa shape index (κ2) is 5.46. The number of amides is 1. The first kappa shape index (κ1) is 14.0. The number of nitrogens with zero attached hydrogens (tertiary/aromatic N) is 1. The molecule has 0 unspecified atom stereocenters. The molecule has 2 heterocycles. The lowest BCUT2D eigenvalue weighted by Gasteiger charge is -2.06. The Labute approximate surface area is 134 Å². The van der Waals surface area contributed by atoms with Gasteiger partial charge >= 0.3 is 0 Å². The van der Waals surface area contributed by atoms with Crippen LogP contribution in [0.2, 0.25) is 0 Å². The highest BCUT2D eigenvalue weighted by atomic mass is 79.9. The zero-order chi connectivity index (χ0) is 15.0. The Morgan fingerprint density at radius 2 is 2.19 bits per heavy atom. The second-order valence-electron chi connectivity index (χ2n) is 4.62. The van der Waals surface area contributed by atoms with Crippen LogP contribution in [0, 0.1) is 6.92 Å². The number of aryl methyl sites for hydroxylation is 1. The molecule has 106 valence electrons. The number of aromatic nitrogens is 1. The molecule has 3 rings (SSSR count). The number of hydrogen-bond donors (Lipinski definition) is 2. The van der Waals surface area contributed by atoms with Gasteiger partial charge < -0.3 is 11.1 Å². The lowest BCUT2D eigenvalue weighted by molar-refractivity contribution is 0.103. The lowest BCUT2D eigenvalue weighted by Crippen LogP contribution is -2.12. The molecule has 0 fully saturated rings. The molecule has 0 radical (unpaired) electrons. The number of nitrogen functional groups attached to an aromatic ring is 1. The summed E-state index contributed by atoms with van der Waals surface area (Å²) < 4.78 is 1.01. The Hall–Kier alpha value is -1.92. The van der Waals surface area contributed by atoms with Crippen LogP contribution in [0.1, 0.15) is 15.2 Å². The van der Waals surface area contributed by atoms with Crippen molar-refractivity contribution in [1.29, 1.82) is 0 Å². The highest BCUT2D eigenvalue weighted by Gasteiger charge is 2.17. The Morgan fingerprint density at radius 1 is 1.38 bits per heavy atom. The molecule has 4 nitrogen and oxygen atoms in total. The maximum atomic E-state index is 12.4. The molecule has 6 heteroatoms. The molecule has 2 aromatic heterocycles. The van der Waals surface area contributed by atoms with Gasteiger partial charge in [-0.1, -0.05) is 15.9 Å². The van der Waals surface area contributed by atoms with Crippen molar-refractivity contribution in [2.75, 3.05) is 11.1 Å². The number of halogens is 1. The standard InChI is InChI=1S/C15H12BrN3OS/c1-8-7-9(4-5-11(8)16)19-14(20)13-12(17)10-3-2-6-18-15(10)21-13/h2-7H,17H2,1H3,(H,19,20). The molecule has 0 atom stereocenters. The van der Waals surface area contributed by atoms with Crippen LogP contribution in [0.25, 0.3) is 10.2 Å². The molecule has 0 spiro atoms. The van der Waals surface area contributed by atoms with E-state index in [2.05, 4.69) is 26.2 Å². The first-order valence-electron chi connectivity index (χ1n) is 6.27. The molecule has 1 amide bonds. The van der Waals surface area contributed by atoms with E-state index >= 15 is 0 Å². The van der Waals surface area contributed by atoms with Crippen LogP contribution in [0.15, 0.2) is 41.0 Å². The number of pyridine rings is 1. The molecule has 3 N–H and O–H groups in total. The van der Waals surface area contributed by atoms with E-state index in [9.17, 15) is 4.79 Å². The summed E-state index contributed by atoms with van der Waals surface area (Å²) in [7, 11) is 0. The fraction of sp³-hybridized carbons (Fsp3) is 0.0667. The van der Waals surface area contributed by atoms with E-state index in [0.29, 0.717) is 10.6 Å². The Morgan fingerprint density at radius 3 is 2.90 bits per heavy atom. The molecule has 0 aliphatic rings. The monoisotopic (exact) mass is 361 g/mol. The third-order valence-corrected chi connectivity index (χ3v) is 5.14. The number of nitrogens with one attached hydrogen (secondary N) is 1. The number of anilines is 2. The van der Waals surface area contributed by atoms with Crippen LogP contribution < -0.4 is 11.1 Å². The molecule has 0 bridgehead atoms. The van der Waals surface area contributed by atoms with Gasteiger partial charge in [0.05, 0.1) is 5.69 Å². The normalized spacial score (nSPS) is 10.8. The van der Waals surface area contributed by atoms with Crippen molar-refractivity contribution in [3.63, 3.8) is 0 Å². The molecule has 21 heavy (non-hydrogen) atoms. The number of thiophene rings is 1. The van der Waals surface area contributed by atoms with Gasteiger partial charge in [-0.3, -0.25) is 4.79 Å². The Kier molecular flexibility index (Phi) is 3.65. The number of nitrogens with two attached hydrogens (primary N) is 1. The Balaban J connectivity index is 1.93. The van der Waals surface area contributed by atoms with Crippen LogP contribution in [-0.4, -0.2) is 10.9 Å². The third-order valence-electron chi connectivity index (χ3n) is 3.13. The summed E-state index contributed by atoms with van der Waals surface area (Å²) in [4.78, 5) is 17.9. The molecule has 0 aliphatic carbocycles. The van der Waals surface area contributed by atoms with Crippen molar-refractivity contribution in [1.82, 2.24) is 4.98 Å². The third kappa shape index (κ3) is 2.64. The van der Waals surface area contributed by atoms with Gasteiger partial charge in [-0.15, -0.1) is 11.3 Å². The first-order chi connectivity index (χ1) is 10.1. The molecule has 3 aromatic rings. The Bertz CT molecular complexity index is 844. The average molecular weight is 362 g/mol. The number of hydrogen-bond acceptors (Lipinski definition) is 4. The number of fused-ring (bicyclic) bond motifs is 1. The van der Waals surface area contributed by atoms with Gasteiger partial charge in [-0.05, 0) is 42.8 Å². The fourth-order valence-electron chi connectivity index (χ4n) is 2.03. The highest BCUT2D eigenvalue weighted by molar-refractivity contribution is 9.10. The van der Waals surface area contributed by atoms with Gasteiger partial charge in [0.1, 0.15) is 9.71 Å². The van der Waals surface area contributed by atoms with Crippen molar-refractivity contribution < 1.29 is 4.79 Å². The lowest BCUT2D eigenvalue weighted by atomic mass is 10.2. The molecule has 0 saturated carbocycles. The van der Waals surface area contributed by atoms with Crippen LogP contribution in [-0.2, 0) is 0 Å². The number of rotatable bonds is 2. The van der Waals surface area contributed by atoms with Crippen molar-refractivity contribution in [3.05, 3.63) is 51.4 Å². The van der Waals surface area contributed by atoms with E-state index in [4.69, 9.17) is 5.73 Å². The zero-order valence-electron chi connectivity index (χ0n) is 11.2. The summed E-state index contributed by atoms with van der Waals surface area (Å²) in [5, 5.41) is 3.69. The maximum absolute atomic E-state index is 12.4. The summed E-state index contributed by atoms with van der Waals surface area (Å²) in [6.07, 6.45) is 1.69. The van der Waals surface area contributed by atoms with Crippen LogP contribution >= 0.6 is 27.3 Å². The summed E-state index contributed by atoms with van der Waals surface area (Å²) in [6.45, 7) is 1.97. The molecular formula is C15H12BrN3OS. The van der Waals surface area contributed by atoms with Crippen LogP contribution in [0.5, 0.6) is 0 Å². The minimum atomic E-state index is -0.211.